The van der Waals surface area contributed by atoms with Crippen molar-refractivity contribution in [2.24, 2.45) is 0 Å². The molecule has 0 saturated carbocycles. The first-order valence-corrected chi connectivity index (χ1v) is 4.74. The Kier molecular flexibility index (Phi) is 3.50. The zero-order valence-corrected chi connectivity index (χ0v) is 8.06. The third-order valence-electron chi connectivity index (χ3n) is 2.12. The fraction of sp³-hybridized carbons (Fsp3) is 1.00. The van der Waals surface area contributed by atoms with Crippen molar-refractivity contribution in [2.75, 3.05) is 19.6 Å². The van der Waals surface area contributed by atoms with E-state index in [1.165, 1.54) is 12.8 Å². The van der Waals surface area contributed by atoms with Crippen LogP contribution in [0, 0.1) is 0 Å². The predicted molar refractivity (Wildman–Crippen MR) is 50.2 cm³/mol. The van der Waals surface area contributed by atoms with E-state index in [1.54, 1.807) is 0 Å². The highest BCUT2D eigenvalue weighted by Crippen LogP contribution is 2.03. The molecule has 1 fully saturated rings. The standard InChI is InChI=1S/C9H20N2O/c1-9(2,12)7-11-8-4-3-5-10-6-8/h8,10-12H,3-7H2,1-2H3. The minimum atomic E-state index is -0.586. The second-order valence-electron chi connectivity index (χ2n) is 4.24. The number of nitrogens with one attached hydrogen (secondary N) is 2. The molecule has 0 aromatic rings. The molecule has 3 nitrogen and oxygen atoms in total. The van der Waals surface area contributed by atoms with E-state index in [0.29, 0.717) is 12.6 Å². The molecule has 0 radical (unpaired) electrons. The molecule has 0 aliphatic carbocycles. The van der Waals surface area contributed by atoms with Crippen LogP contribution in [-0.2, 0) is 0 Å². The van der Waals surface area contributed by atoms with Gasteiger partial charge in [-0.15, -0.1) is 0 Å². The Labute approximate surface area is 74.5 Å². The van der Waals surface area contributed by atoms with Crippen molar-refractivity contribution >= 4 is 0 Å². The summed E-state index contributed by atoms with van der Waals surface area (Å²) >= 11 is 0. The maximum absolute atomic E-state index is 9.47. The van der Waals surface area contributed by atoms with E-state index in [0.717, 1.165) is 13.1 Å². The zero-order chi connectivity index (χ0) is 9.03. The molecule has 0 amide bonds. The Morgan fingerprint density at radius 2 is 2.33 bits per heavy atom. The van der Waals surface area contributed by atoms with E-state index >= 15 is 0 Å². The van der Waals surface area contributed by atoms with Crippen LogP contribution in [0.2, 0.25) is 0 Å². The monoisotopic (exact) mass is 172 g/mol. The van der Waals surface area contributed by atoms with Crippen LogP contribution in [-0.4, -0.2) is 36.4 Å². The number of hydrogen-bond donors (Lipinski definition) is 3. The zero-order valence-electron chi connectivity index (χ0n) is 8.06. The van der Waals surface area contributed by atoms with Gasteiger partial charge in [-0.3, -0.25) is 0 Å². The number of piperidine rings is 1. The SMILES string of the molecule is CC(C)(O)CNC1CCCNC1. The molecule has 1 unspecified atom stereocenters. The van der Waals surface area contributed by atoms with Crippen LogP contribution in [0.5, 0.6) is 0 Å². The van der Waals surface area contributed by atoms with Gasteiger partial charge in [0.25, 0.3) is 0 Å². The van der Waals surface area contributed by atoms with Gasteiger partial charge < -0.3 is 15.7 Å². The molecule has 0 aromatic heterocycles. The minimum Gasteiger partial charge on any atom is -0.389 e. The lowest BCUT2D eigenvalue weighted by Crippen LogP contribution is -2.47. The second-order valence-corrected chi connectivity index (χ2v) is 4.24. The van der Waals surface area contributed by atoms with Crippen molar-refractivity contribution in [1.82, 2.24) is 10.6 Å². The Bertz CT molecular complexity index is 125. The normalized spacial score (nSPS) is 25.8. The van der Waals surface area contributed by atoms with E-state index < -0.39 is 5.60 Å². The van der Waals surface area contributed by atoms with Gasteiger partial charge in [-0.25, -0.2) is 0 Å². The summed E-state index contributed by atoms with van der Waals surface area (Å²) in [5.74, 6) is 0. The smallest absolute Gasteiger partial charge is 0.0715 e. The van der Waals surface area contributed by atoms with Gasteiger partial charge in [0.1, 0.15) is 0 Å². The summed E-state index contributed by atoms with van der Waals surface area (Å²) in [6.07, 6.45) is 2.46. The van der Waals surface area contributed by atoms with Gasteiger partial charge in [-0.2, -0.15) is 0 Å². The van der Waals surface area contributed by atoms with Crippen LogP contribution in [0.15, 0.2) is 0 Å². The van der Waals surface area contributed by atoms with E-state index in [9.17, 15) is 5.11 Å². The Balaban J connectivity index is 2.13. The summed E-state index contributed by atoms with van der Waals surface area (Å²) in [7, 11) is 0. The van der Waals surface area contributed by atoms with E-state index in [-0.39, 0.29) is 0 Å². The van der Waals surface area contributed by atoms with E-state index in [4.69, 9.17) is 0 Å². The molecule has 1 aliphatic rings. The summed E-state index contributed by atoms with van der Waals surface area (Å²) in [5.41, 5.74) is -0.586. The van der Waals surface area contributed by atoms with Gasteiger partial charge in [0.05, 0.1) is 5.60 Å². The van der Waals surface area contributed by atoms with Crippen LogP contribution in [0.25, 0.3) is 0 Å². The molecule has 0 bridgehead atoms. The summed E-state index contributed by atoms with van der Waals surface area (Å²) < 4.78 is 0. The largest absolute Gasteiger partial charge is 0.389 e. The molecule has 1 saturated heterocycles. The van der Waals surface area contributed by atoms with Crippen molar-refractivity contribution in [3.05, 3.63) is 0 Å². The molecule has 1 heterocycles. The second kappa shape index (κ2) is 4.21. The molecular formula is C9H20N2O. The lowest BCUT2D eigenvalue weighted by atomic mass is 10.1. The fourth-order valence-electron chi connectivity index (χ4n) is 1.42. The van der Waals surface area contributed by atoms with Gasteiger partial charge in [0.2, 0.25) is 0 Å². The van der Waals surface area contributed by atoms with Crippen LogP contribution in [0.4, 0.5) is 0 Å². The van der Waals surface area contributed by atoms with Crippen molar-refractivity contribution in [1.29, 1.82) is 0 Å². The highest BCUT2D eigenvalue weighted by atomic mass is 16.3. The topological polar surface area (TPSA) is 44.3 Å². The van der Waals surface area contributed by atoms with Crippen LogP contribution < -0.4 is 10.6 Å². The third-order valence-corrected chi connectivity index (χ3v) is 2.12. The number of hydrogen-bond acceptors (Lipinski definition) is 3. The molecule has 72 valence electrons. The van der Waals surface area contributed by atoms with Crippen molar-refractivity contribution in [3.63, 3.8) is 0 Å². The Hall–Kier alpha value is -0.120. The summed E-state index contributed by atoms with van der Waals surface area (Å²) in [5, 5.41) is 16.1. The van der Waals surface area contributed by atoms with Crippen molar-refractivity contribution in [3.8, 4) is 0 Å². The maximum atomic E-state index is 9.47. The molecule has 12 heavy (non-hydrogen) atoms. The third kappa shape index (κ3) is 4.04. The number of aliphatic hydroxyl groups is 1. The predicted octanol–water partition coefficient (Wildman–Crippen LogP) is 0.0989. The van der Waals surface area contributed by atoms with Gasteiger partial charge in [0.15, 0.2) is 0 Å². The van der Waals surface area contributed by atoms with E-state index in [2.05, 4.69) is 10.6 Å². The van der Waals surface area contributed by atoms with Crippen LogP contribution in [0.1, 0.15) is 26.7 Å². The van der Waals surface area contributed by atoms with Gasteiger partial charge in [-0.1, -0.05) is 0 Å². The highest BCUT2D eigenvalue weighted by Gasteiger charge is 2.17. The van der Waals surface area contributed by atoms with Crippen LogP contribution in [0.3, 0.4) is 0 Å². The minimum absolute atomic E-state index is 0.546. The van der Waals surface area contributed by atoms with Crippen LogP contribution >= 0.6 is 0 Å². The quantitative estimate of drug-likeness (QED) is 0.565. The first kappa shape index (κ1) is 9.96. The first-order valence-electron chi connectivity index (χ1n) is 4.74. The number of rotatable bonds is 3. The highest BCUT2D eigenvalue weighted by molar-refractivity contribution is 4.78. The summed E-state index contributed by atoms with van der Waals surface area (Å²) in [6.45, 7) is 6.52. The summed E-state index contributed by atoms with van der Waals surface area (Å²) in [6, 6.07) is 0.546. The summed E-state index contributed by atoms with van der Waals surface area (Å²) in [4.78, 5) is 0. The molecular weight excluding hydrogens is 152 g/mol. The molecule has 1 aliphatic heterocycles. The van der Waals surface area contributed by atoms with Crippen molar-refractivity contribution in [2.45, 2.75) is 38.3 Å². The Morgan fingerprint density at radius 1 is 1.58 bits per heavy atom. The fourth-order valence-corrected chi connectivity index (χ4v) is 1.42. The van der Waals surface area contributed by atoms with Gasteiger partial charge >= 0.3 is 0 Å². The molecule has 1 rings (SSSR count). The molecule has 0 aromatic carbocycles. The van der Waals surface area contributed by atoms with Crippen molar-refractivity contribution < 1.29 is 5.11 Å². The first-order chi connectivity index (χ1) is 5.58. The Morgan fingerprint density at radius 3 is 2.83 bits per heavy atom. The average Bonchev–Trinajstić information content (AvgIpc) is 2.02. The van der Waals surface area contributed by atoms with Gasteiger partial charge in [-0.05, 0) is 33.2 Å². The average molecular weight is 172 g/mol. The lowest BCUT2D eigenvalue weighted by molar-refractivity contribution is 0.0752. The lowest BCUT2D eigenvalue weighted by Gasteiger charge is -2.27. The molecule has 0 spiro atoms. The maximum Gasteiger partial charge on any atom is 0.0715 e. The van der Waals surface area contributed by atoms with E-state index in [1.807, 2.05) is 13.8 Å². The molecule has 3 N–H and O–H groups in total. The molecule has 1 atom stereocenters. The van der Waals surface area contributed by atoms with Gasteiger partial charge in [0, 0.05) is 19.1 Å². The molecule has 3 heteroatoms.